The van der Waals surface area contributed by atoms with E-state index in [1.807, 2.05) is 12.1 Å². The molecule has 8 aromatic rings. The van der Waals surface area contributed by atoms with E-state index in [0.29, 0.717) is 0 Å². The summed E-state index contributed by atoms with van der Waals surface area (Å²) in [6.07, 6.45) is 0. The van der Waals surface area contributed by atoms with E-state index in [2.05, 4.69) is 149 Å². The third-order valence-electron chi connectivity index (χ3n) is 10.3. The first-order chi connectivity index (χ1) is 23.3. The van der Waals surface area contributed by atoms with Crippen molar-refractivity contribution in [2.45, 2.75) is 38.9 Å². The number of hydrogen-bond acceptors (Lipinski definition) is 4. The van der Waals surface area contributed by atoms with Gasteiger partial charge in [-0.15, -0.1) is 0 Å². The van der Waals surface area contributed by atoms with Crippen LogP contribution in [-0.2, 0) is 9.31 Å². The van der Waals surface area contributed by atoms with Crippen LogP contribution in [0.4, 0.5) is 0 Å². The van der Waals surface area contributed by atoms with Gasteiger partial charge in [0.1, 0.15) is 11.2 Å². The van der Waals surface area contributed by atoms with Crippen LogP contribution in [0.5, 0.6) is 0 Å². The first-order valence-electron chi connectivity index (χ1n) is 16.6. The highest BCUT2D eigenvalue weighted by atomic mass is 16.7. The summed E-state index contributed by atoms with van der Waals surface area (Å²) in [4.78, 5) is 5.29. The zero-order chi connectivity index (χ0) is 32.6. The molecule has 1 fully saturated rings. The normalized spacial score (nSPS) is 15.6. The second-order valence-corrected chi connectivity index (χ2v) is 13.8. The number of fused-ring (bicyclic) bond motifs is 6. The highest BCUT2D eigenvalue weighted by Gasteiger charge is 2.51. The van der Waals surface area contributed by atoms with Crippen molar-refractivity contribution in [3.8, 4) is 33.5 Å². The molecule has 0 radical (unpaired) electrons. The monoisotopic (exact) mass is 623 g/mol. The van der Waals surface area contributed by atoms with Crippen LogP contribution < -0.4 is 5.46 Å². The molecule has 232 valence electrons. The second kappa shape index (κ2) is 10.6. The Kier molecular flexibility index (Phi) is 6.42. The summed E-state index contributed by atoms with van der Waals surface area (Å²) in [6, 6.07) is 46.9. The lowest BCUT2D eigenvalue weighted by atomic mass is 9.78. The Hall–Kier alpha value is -5.23. The van der Waals surface area contributed by atoms with Crippen LogP contribution >= 0.6 is 0 Å². The van der Waals surface area contributed by atoms with Gasteiger partial charge in [0.2, 0.25) is 0 Å². The van der Waals surface area contributed by atoms with Crippen LogP contribution in [0.3, 0.4) is 0 Å². The summed E-state index contributed by atoms with van der Waals surface area (Å²) in [5.41, 5.74) is 9.44. The van der Waals surface area contributed by atoms with E-state index >= 15 is 0 Å². The molecule has 0 saturated carbocycles. The Labute approximate surface area is 280 Å². The van der Waals surface area contributed by atoms with Crippen LogP contribution in [0.2, 0.25) is 0 Å². The average Bonchev–Trinajstić information content (AvgIpc) is 3.59. The second-order valence-electron chi connectivity index (χ2n) is 13.8. The largest absolute Gasteiger partial charge is 0.494 e. The third kappa shape index (κ3) is 4.50. The zero-order valence-corrected chi connectivity index (χ0v) is 27.5. The summed E-state index contributed by atoms with van der Waals surface area (Å²) < 4.78 is 19.3. The molecule has 4 nitrogen and oxygen atoms in total. The van der Waals surface area contributed by atoms with E-state index in [1.54, 1.807) is 0 Å². The van der Waals surface area contributed by atoms with Crippen molar-refractivity contribution in [1.82, 2.24) is 4.98 Å². The molecule has 0 N–H and O–H groups in total. The maximum absolute atomic E-state index is 6.58. The fourth-order valence-electron chi connectivity index (χ4n) is 7.06. The fourth-order valence-corrected chi connectivity index (χ4v) is 7.06. The molecule has 0 bridgehead atoms. The summed E-state index contributed by atoms with van der Waals surface area (Å²) in [6.45, 7) is 8.33. The van der Waals surface area contributed by atoms with Crippen LogP contribution in [0, 0.1) is 0 Å². The van der Waals surface area contributed by atoms with Crippen LogP contribution in [0.25, 0.3) is 77.1 Å². The molecule has 2 aromatic heterocycles. The molecule has 0 unspecified atom stereocenters. The van der Waals surface area contributed by atoms with Gasteiger partial charge in [0, 0.05) is 38.1 Å². The van der Waals surface area contributed by atoms with Crippen molar-refractivity contribution in [2.24, 2.45) is 0 Å². The Morgan fingerprint density at radius 3 is 1.81 bits per heavy atom. The van der Waals surface area contributed by atoms with Crippen LogP contribution in [0.15, 0.2) is 138 Å². The van der Waals surface area contributed by atoms with Gasteiger partial charge in [-0.05, 0) is 68.0 Å². The van der Waals surface area contributed by atoms with Crippen molar-refractivity contribution in [2.75, 3.05) is 0 Å². The lowest BCUT2D eigenvalue weighted by Gasteiger charge is -2.32. The van der Waals surface area contributed by atoms with Gasteiger partial charge in [0.05, 0.1) is 22.4 Å². The van der Waals surface area contributed by atoms with Crippen molar-refractivity contribution in [1.29, 1.82) is 0 Å². The number of pyridine rings is 1. The average molecular weight is 624 g/mol. The Morgan fingerprint density at radius 1 is 0.500 bits per heavy atom. The molecule has 1 aliphatic heterocycles. The van der Waals surface area contributed by atoms with Gasteiger partial charge in [-0.2, -0.15) is 0 Å². The fraction of sp³-hybridized carbons (Fsp3) is 0.140. The third-order valence-corrected chi connectivity index (χ3v) is 10.3. The molecule has 0 aliphatic carbocycles. The van der Waals surface area contributed by atoms with Crippen molar-refractivity contribution < 1.29 is 13.7 Å². The molecule has 6 aromatic carbocycles. The number of hydrogen-bond donors (Lipinski definition) is 0. The molecule has 3 heterocycles. The van der Waals surface area contributed by atoms with Crippen molar-refractivity contribution in [3.63, 3.8) is 0 Å². The predicted octanol–water partition coefficient (Wildman–Crippen LogP) is 10.6. The van der Waals surface area contributed by atoms with Gasteiger partial charge in [0.25, 0.3) is 0 Å². The van der Waals surface area contributed by atoms with Gasteiger partial charge in [0.15, 0.2) is 0 Å². The number of nitrogens with zero attached hydrogens (tertiary/aromatic N) is 1. The highest BCUT2D eigenvalue weighted by Crippen LogP contribution is 2.46. The number of aromatic nitrogens is 1. The Balaban J connectivity index is 1.30. The van der Waals surface area contributed by atoms with Gasteiger partial charge in [-0.1, -0.05) is 115 Å². The first kappa shape index (κ1) is 29.0. The molecule has 48 heavy (non-hydrogen) atoms. The number of furan rings is 1. The van der Waals surface area contributed by atoms with Gasteiger partial charge < -0.3 is 13.7 Å². The molecule has 9 rings (SSSR count). The Morgan fingerprint density at radius 2 is 1.08 bits per heavy atom. The minimum Gasteiger partial charge on any atom is -0.456 e. The quantitative estimate of drug-likeness (QED) is 0.145. The minimum absolute atomic E-state index is 0.403. The molecule has 0 amide bonds. The van der Waals surface area contributed by atoms with Crippen LogP contribution in [0.1, 0.15) is 27.7 Å². The Bertz CT molecular complexity index is 2480. The summed E-state index contributed by atoms with van der Waals surface area (Å²) in [5, 5.41) is 5.54. The molecular formula is C43H34BNO3. The maximum atomic E-state index is 6.58. The van der Waals surface area contributed by atoms with Gasteiger partial charge in [-0.3, -0.25) is 0 Å². The lowest BCUT2D eigenvalue weighted by molar-refractivity contribution is 0.00578. The van der Waals surface area contributed by atoms with Gasteiger partial charge >= 0.3 is 7.12 Å². The summed E-state index contributed by atoms with van der Waals surface area (Å²) in [5.74, 6) is 0. The first-order valence-corrected chi connectivity index (χ1v) is 16.6. The SMILES string of the molecule is CC1(C)OB(c2ccc(-c3nc4ccccc4c4c(-c5ccc(-c6ccccc6)cc5)c5c(cc34)oc3ccccc35)cc2)OC1(C)C. The lowest BCUT2D eigenvalue weighted by Crippen LogP contribution is -2.41. The molecule has 0 spiro atoms. The standard InChI is InChI=1S/C43H34BNO3/c1-42(2)43(3,4)48-44(47-42)31-24-22-30(23-25-31)41-34-26-37-40(33-15-9-11-17-36(33)46-37)38(39(34)32-14-8-10-16-35(32)45-41)29-20-18-28(19-21-29)27-12-6-5-7-13-27/h5-26H,1-4H3. The predicted molar refractivity (Wildman–Crippen MR) is 199 cm³/mol. The van der Waals surface area contributed by atoms with Crippen LogP contribution in [-0.4, -0.2) is 23.3 Å². The number of benzene rings is 6. The minimum atomic E-state index is -0.425. The van der Waals surface area contributed by atoms with E-state index in [0.717, 1.165) is 71.5 Å². The maximum Gasteiger partial charge on any atom is 0.494 e. The molecule has 1 saturated heterocycles. The number of para-hydroxylation sites is 2. The summed E-state index contributed by atoms with van der Waals surface area (Å²) in [7, 11) is -0.425. The van der Waals surface area contributed by atoms with E-state index in [4.69, 9.17) is 18.7 Å². The zero-order valence-electron chi connectivity index (χ0n) is 27.5. The van der Waals surface area contributed by atoms with E-state index in [9.17, 15) is 0 Å². The van der Waals surface area contributed by atoms with Crippen molar-refractivity contribution in [3.05, 3.63) is 133 Å². The smallest absolute Gasteiger partial charge is 0.456 e. The molecule has 1 aliphatic rings. The molecule has 0 atom stereocenters. The van der Waals surface area contributed by atoms with Crippen molar-refractivity contribution >= 4 is 56.2 Å². The summed E-state index contributed by atoms with van der Waals surface area (Å²) >= 11 is 0. The van der Waals surface area contributed by atoms with Gasteiger partial charge in [-0.25, -0.2) is 4.98 Å². The highest BCUT2D eigenvalue weighted by molar-refractivity contribution is 6.62. The molecular weight excluding hydrogens is 589 g/mol. The van der Waals surface area contributed by atoms with E-state index in [-0.39, 0.29) is 0 Å². The molecule has 5 heteroatoms. The number of rotatable bonds is 4. The topological polar surface area (TPSA) is 44.5 Å². The van der Waals surface area contributed by atoms with E-state index < -0.39 is 18.3 Å². The van der Waals surface area contributed by atoms with E-state index in [1.165, 1.54) is 11.1 Å².